The number of unbranched alkanes of at least 4 members (excludes halogenated alkanes) is 1. The van der Waals surface area contributed by atoms with E-state index in [2.05, 4.69) is 4.98 Å². The molecule has 2 aromatic carbocycles. The van der Waals surface area contributed by atoms with Crippen molar-refractivity contribution in [3.05, 3.63) is 53.6 Å². The van der Waals surface area contributed by atoms with Crippen LogP contribution in [0.1, 0.15) is 37.0 Å². The topological polar surface area (TPSA) is 73.8 Å². The molecule has 0 saturated heterocycles. The summed E-state index contributed by atoms with van der Waals surface area (Å²) in [5, 5.41) is 0.241. The van der Waals surface area contributed by atoms with Gasteiger partial charge in [0.25, 0.3) is 5.91 Å². The van der Waals surface area contributed by atoms with Crippen LogP contribution in [0.2, 0.25) is 0 Å². The molecular weight excluding hydrogens is 530 g/mol. The van der Waals surface area contributed by atoms with Crippen LogP contribution in [-0.2, 0) is 10.0 Å². The average Bonchev–Trinajstić information content (AvgIpc) is 3.23. The van der Waals surface area contributed by atoms with Crippen LogP contribution in [0, 0.1) is 11.6 Å². The fraction of sp³-hybridized carbons (Fsp3) is 0.417. The summed E-state index contributed by atoms with van der Waals surface area (Å²) < 4.78 is 55.6. The van der Waals surface area contributed by atoms with Crippen LogP contribution < -0.4 is 4.90 Å². The maximum atomic E-state index is 14.2. The van der Waals surface area contributed by atoms with Gasteiger partial charge in [-0.15, -0.1) is 12.4 Å². The molecule has 0 fully saturated rings. The number of rotatable bonds is 11. The molecule has 1 amide bonds. The van der Waals surface area contributed by atoms with E-state index in [1.54, 1.807) is 6.92 Å². The number of sulfonamides is 1. The summed E-state index contributed by atoms with van der Waals surface area (Å²) in [7, 11) is 0.0382. The number of hydrogen-bond donors (Lipinski definition) is 0. The number of likely N-dealkylation sites (N-methyl/N-ethyl adjacent to an activating group) is 1. The molecule has 0 radical (unpaired) electrons. The highest BCUT2D eigenvalue weighted by atomic mass is 35.5. The van der Waals surface area contributed by atoms with Crippen LogP contribution in [0.25, 0.3) is 10.2 Å². The van der Waals surface area contributed by atoms with Crippen LogP contribution in [-0.4, -0.2) is 68.8 Å². The maximum Gasteiger partial charge on any atom is 0.260 e. The normalized spacial score (nSPS) is 11.8. The van der Waals surface area contributed by atoms with Crippen molar-refractivity contribution in [1.29, 1.82) is 0 Å². The largest absolute Gasteiger partial charge is 0.308 e. The first-order valence-electron chi connectivity index (χ1n) is 11.4. The molecule has 3 rings (SSSR count). The van der Waals surface area contributed by atoms with Gasteiger partial charge in [0.15, 0.2) is 10.9 Å². The number of aromatic nitrogens is 1. The van der Waals surface area contributed by atoms with Crippen molar-refractivity contribution in [2.24, 2.45) is 0 Å². The number of benzene rings is 2. The lowest BCUT2D eigenvalue weighted by Crippen LogP contribution is -2.36. The van der Waals surface area contributed by atoms with Gasteiger partial charge in [0.05, 0.1) is 9.60 Å². The Morgan fingerprint density at radius 1 is 1.03 bits per heavy atom. The van der Waals surface area contributed by atoms with Crippen LogP contribution in [0.5, 0.6) is 0 Å². The Hall–Kier alpha value is -2.18. The molecule has 7 nitrogen and oxygen atoms in total. The zero-order chi connectivity index (χ0) is 25.8. The standard InChI is InChI=1S/C24H30F2N4O3S2.ClH/c1-5-7-12-29(6-2)35(32,33)19-10-8-17(9-11-19)23(31)30(14-13-28(3)4)24-27-22-20(26)15-18(25)16-21(22)34-24;/h8-11,15-16H,5-7,12-14H2,1-4H3;1H. The van der Waals surface area contributed by atoms with Gasteiger partial charge >= 0.3 is 0 Å². The molecule has 0 N–H and O–H groups in total. The third-order valence-corrected chi connectivity index (χ3v) is 8.52. The van der Waals surface area contributed by atoms with E-state index in [4.69, 9.17) is 0 Å². The highest BCUT2D eigenvalue weighted by molar-refractivity contribution is 7.89. The van der Waals surface area contributed by atoms with Crippen molar-refractivity contribution in [2.45, 2.75) is 31.6 Å². The quantitative estimate of drug-likeness (QED) is 0.329. The molecule has 198 valence electrons. The second-order valence-corrected chi connectivity index (χ2v) is 11.3. The van der Waals surface area contributed by atoms with Gasteiger partial charge in [0.1, 0.15) is 11.3 Å². The van der Waals surface area contributed by atoms with Crippen molar-refractivity contribution >= 4 is 55.0 Å². The SMILES string of the molecule is CCCCN(CC)S(=O)(=O)c1ccc(C(=O)N(CCN(C)C)c2nc3c(F)cc(F)cc3s2)cc1.Cl. The van der Waals surface area contributed by atoms with Gasteiger partial charge in [0, 0.05) is 37.8 Å². The van der Waals surface area contributed by atoms with E-state index >= 15 is 0 Å². The fourth-order valence-corrected chi connectivity index (χ4v) is 6.02. The molecule has 36 heavy (non-hydrogen) atoms. The lowest BCUT2D eigenvalue weighted by molar-refractivity contribution is 0.0985. The molecule has 1 aromatic heterocycles. The third kappa shape index (κ3) is 6.77. The van der Waals surface area contributed by atoms with E-state index in [1.165, 1.54) is 39.5 Å². The molecule has 3 aromatic rings. The number of halogens is 3. The Labute approximate surface area is 221 Å². The van der Waals surface area contributed by atoms with Gasteiger partial charge in [0.2, 0.25) is 10.0 Å². The van der Waals surface area contributed by atoms with Gasteiger partial charge in [-0.1, -0.05) is 31.6 Å². The predicted octanol–water partition coefficient (Wildman–Crippen LogP) is 5.02. The van der Waals surface area contributed by atoms with E-state index in [0.29, 0.717) is 24.3 Å². The number of amides is 1. The molecule has 0 aliphatic rings. The molecular formula is C24H31ClF2N4O3S2. The minimum Gasteiger partial charge on any atom is -0.308 e. The molecule has 0 saturated carbocycles. The number of anilines is 1. The van der Waals surface area contributed by atoms with Crippen molar-refractivity contribution in [3.63, 3.8) is 0 Å². The number of nitrogens with zero attached hydrogens (tertiary/aromatic N) is 4. The first-order valence-corrected chi connectivity index (χ1v) is 13.7. The van der Waals surface area contributed by atoms with E-state index in [-0.39, 0.29) is 40.1 Å². The smallest absolute Gasteiger partial charge is 0.260 e. The third-order valence-electron chi connectivity index (χ3n) is 5.50. The number of carbonyl (C=O) groups is 1. The van der Waals surface area contributed by atoms with Gasteiger partial charge in [-0.05, 0) is 50.8 Å². The van der Waals surface area contributed by atoms with Crippen LogP contribution in [0.3, 0.4) is 0 Å². The first-order chi connectivity index (χ1) is 16.6. The van der Waals surface area contributed by atoms with Crippen LogP contribution in [0.4, 0.5) is 13.9 Å². The van der Waals surface area contributed by atoms with Gasteiger partial charge in [-0.3, -0.25) is 9.69 Å². The Morgan fingerprint density at radius 3 is 2.28 bits per heavy atom. The fourth-order valence-electron chi connectivity index (χ4n) is 3.50. The molecule has 1 heterocycles. The lowest BCUT2D eigenvalue weighted by Gasteiger charge is -2.23. The van der Waals surface area contributed by atoms with Crippen molar-refractivity contribution in [1.82, 2.24) is 14.2 Å². The second kappa shape index (κ2) is 12.9. The van der Waals surface area contributed by atoms with E-state index < -0.39 is 27.6 Å². The molecule has 0 atom stereocenters. The second-order valence-electron chi connectivity index (χ2n) is 8.37. The summed E-state index contributed by atoms with van der Waals surface area (Å²) in [5.41, 5.74) is 0.271. The summed E-state index contributed by atoms with van der Waals surface area (Å²) in [6, 6.07) is 7.74. The van der Waals surface area contributed by atoms with Crippen molar-refractivity contribution < 1.29 is 22.0 Å². The maximum absolute atomic E-state index is 14.2. The predicted molar refractivity (Wildman–Crippen MR) is 143 cm³/mol. The zero-order valence-corrected chi connectivity index (χ0v) is 23.2. The van der Waals surface area contributed by atoms with Gasteiger partial charge < -0.3 is 4.90 Å². The molecule has 0 aliphatic carbocycles. The van der Waals surface area contributed by atoms with E-state index in [0.717, 1.165) is 30.2 Å². The number of hydrogen-bond acceptors (Lipinski definition) is 6. The molecule has 0 aliphatic heterocycles. The highest BCUT2D eigenvalue weighted by Crippen LogP contribution is 2.32. The van der Waals surface area contributed by atoms with Crippen LogP contribution in [0.15, 0.2) is 41.3 Å². The Balaban J connectivity index is 0.00000456. The molecule has 0 spiro atoms. The minimum atomic E-state index is -3.67. The Morgan fingerprint density at radius 2 is 1.69 bits per heavy atom. The number of thiazole rings is 1. The van der Waals surface area contributed by atoms with Crippen LogP contribution >= 0.6 is 23.7 Å². The Kier molecular flexibility index (Phi) is 10.7. The summed E-state index contributed by atoms with van der Waals surface area (Å²) in [4.78, 5) is 21.1. The summed E-state index contributed by atoms with van der Waals surface area (Å²) in [5.74, 6) is -1.91. The molecule has 12 heteroatoms. The van der Waals surface area contributed by atoms with E-state index in [9.17, 15) is 22.0 Å². The summed E-state index contributed by atoms with van der Waals surface area (Å²) in [6.07, 6.45) is 1.64. The summed E-state index contributed by atoms with van der Waals surface area (Å²) >= 11 is 1.02. The lowest BCUT2D eigenvalue weighted by atomic mass is 10.2. The zero-order valence-electron chi connectivity index (χ0n) is 20.7. The first kappa shape index (κ1) is 30.0. The summed E-state index contributed by atoms with van der Waals surface area (Å²) in [6.45, 7) is 5.35. The van der Waals surface area contributed by atoms with Gasteiger partial charge in [-0.25, -0.2) is 22.2 Å². The van der Waals surface area contributed by atoms with Crippen molar-refractivity contribution in [2.75, 3.05) is 45.2 Å². The van der Waals surface area contributed by atoms with Crippen molar-refractivity contribution in [3.8, 4) is 0 Å². The highest BCUT2D eigenvalue weighted by Gasteiger charge is 2.25. The minimum absolute atomic E-state index is 0. The monoisotopic (exact) mass is 560 g/mol. The number of fused-ring (bicyclic) bond motifs is 1. The molecule has 0 bridgehead atoms. The van der Waals surface area contributed by atoms with E-state index in [1.807, 2.05) is 25.9 Å². The molecule has 0 unspecified atom stereocenters. The average molecular weight is 561 g/mol. The van der Waals surface area contributed by atoms with Gasteiger partial charge in [-0.2, -0.15) is 4.31 Å². The Bertz CT molecular complexity index is 1280. The number of carbonyl (C=O) groups excluding carboxylic acids is 1.